The van der Waals surface area contributed by atoms with Gasteiger partial charge in [-0.2, -0.15) is 0 Å². The predicted octanol–water partition coefficient (Wildman–Crippen LogP) is 4.22. The lowest BCUT2D eigenvalue weighted by Gasteiger charge is -2.24. The van der Waals surface area contributed by atoms with Crippen LogP contribution in [-0.4, -0.2) is 17.0 Å². The summed E-state index contributed by atoms with van der Waals surface area (Å²) in [6.45, 7) is 3.70. The van der Waals surface area contributed by atoms with Crippen LogP contribution in [0.15, 0.2) is 64.8 Å². The monoisotopic (exact) mass is 405 g/mol. The fourth-order valence-corrected chi connectivity index (χ4v) is 3.44. The van der Waals surface area contributed by atoms with Crippen LogP contribution in [0.2, 0.25) is 0 Å². The van der Waals surface area contributed by atoms with E-state index in [9.17, 15) is 14.0 Å². The number of halogens is 1. The lowest BCUT2D eigenvalue weighted by atomic mass is 9.86. The van der Waals surface area contributed by atoms with E-state index < -0.39 is 5.92 Å². The molecule has 7 heteroatoms. The first-order valence-electron chi connectivity index (χ1n) is 9.51. The summed E-state index contributed by atoms with van der Waals surface area (Å²) in [6, 6.07) is 13.3. The van der Waals surface area contributed by atoms with E-state index in [2.05, 4.69) is 15.8 Å². The van der Waals surface area contributed by atoms with Gasteiger partial charge in [0.05, 0.1) is 0 Å². The van der Waals surface area contributed by atoms with Crippen molar-refractivity contribution < 1.29 is 18.5 Å². The highest BCUT2D eigenvalue weighted by Gasteiger charge is 2.29. The van der Waals surface area contributed by atoms with Gasteiger partial charge in [-0.05, 0) is 43.2 Å². The number of anilines is 1. The fourth-order valence-electron chi connectivity index (χ4n) is 3.44. The highest BCUT2D eigenvalue weighted by atomic mass is 19.1. The number of nitrogens with one attached hydrogen (secondary N) is 2. The van der Waals surface area contributed by atoms with Crippen LogP contribution in [0.3, 0.4) is 0 Å². The number of hydrogen-bond donors (Lipinski definition) is 2. The van der Waals surface area contributed by atoms with Crippen LogP contribution in [0.1, 0.15) is 29.2 Å². The van der Waals surface area contributed by atoms with Crippen molar-refractivity contribution in [2.75, 3.05) is 5.32 Å². The molecule has 1 aliphatic rings. The zero-order chi connectivity index (χ0) is 21.3. The number of amides is 2. The van der Waals surface area contributed by atoms with Crippen molar-refractivity contribution in [3.8, 4) is 11.3 Å². The van der Waals surface area contributed by atoms with Gasteiger partial charge in [0, 0.05) is 41.4 Å². The van der Waals surface area contributed by atoms with Crippen molar-refractivity contribution in [1.82, 2.24) is 10.5 Å². The van der Waals surface area contributed by atoms with Crippen molar-refractivity contribution in [1.29, 1.82) is 0 Å². The Hall–Kier alpha value is -3.74. The molecule has 30 heavy (non-hydrogen) atoms. The Bertz CT molecular complexity index is 1150. The third kappa shape index (κ3) is 4.00. The molecule has 0 aliphatic carbocycles. The molecule has 3 aromatic rings. The van der Waals surface area contributed by atoms with E-state index >= 15 is 0 Å². The molecule has 0 unspecified atom stereocenters. The summed E-state index contributed by atoms with van der Waals surface area (Å²) < 4.78 is 18.4. The third-order valence-corrected chi connectivity index (χ3v) is 5.10. The minimum Gasteiger partial charge on any atom is -0.361 e. The van der Waals surface area contributed by atoms with Crippen molar-refractivity contribution in [3.05, 3.63) is 83.0 Å². The molecule has 1 aliphatic heterocycles. The standard InChI is InChI=1S/C23H20FN3O3/c1-13-3-4-16(21-9-14(2)30-27-21)10-20(13)26-23(29)19-12-25-22(28)11-18(19)15-5-7-17(24)8-6-15/h3-10,12,18H,11H2,1-2H3,(H,25,28)(H,26,29)/t18-/m0/s1. The van der Waals surface area contributed by atoms with Gasteiger partial charge in [-0.25, -0.2) is 4.39 Å². The summed E-state index contributed by atoms with van der Waals surface area (Å²) in [4.78, 5) is 25.0. The third-order valence-electron chi connectivity index (χ3n) is 5.10. The summed E-state index contributed by atoms with van der Waals surface area (Å²) in [7, 11) is 0. The molecule has 2 amide bonds. The van der Waals surface area contributed by atoms with Crippen LogP contribution in [0.5, 0.6) is 0 Å². The molecule has 4 rings (SSSR count). The number of rotatable bonds is 4. The Morgan fingerprint density at radius 3 is 2.63 bits per heavy atom. The number of hydrogen-bond acceptors (Lipinski definition) is 4. The van der Waals surface area contributed by atoms with E-state index in [1.807, 2.05) is 38.1 Å². The minimum absolute atomic E-state index is 0.113. The normalized spacial score (nSPS) is 16.0. The van der Waals surface area contributed by atoms with Crippen LogP contribution >= 0.6 is 0 Å². The summed E-state index contributed by atoms with van der Waals surface area (Å²) in [5.74, 6) is -0.659. The zero-order valence-corrected chi connectivity index (χ0v) is 16.5. The molecule has 0 radical (unpaired) electrons. The van der Waals surface area contributed by atoms with Crippen molar-refractivity contribution in [2.24, 2.45) is 0 Å². The lowest BCUT2D eigenvalue weighted by molar-refractivity contribution is -0.121. The molecule has 0 saturated heterocycles. The Kier molecular flexibility index (Phi) is 5.18. The first-order chi connectivity index (χ1) is 14.4. The second-order valence-corrected chi connectivity index (χ2v) is 7.28. The molecule has 0 saturated carbocycles. The van der Waals surface area contributed by atoms with Crippen LogP contribution in [0.25, 0.3) is 11.3 Å². The number of nitrogens with zero attached hydrogens (tertiary/aromatic N) is 1. The number of aromatic nitrogens is 1. The van der Waals surface area contributed by atoms with Gasteiger partial charge in [-0.1, -0.05) is 29.4 Å². The molecule has 0 bridgehead atoms. The van der Waals surface area contributed by atoms with Gasteiger partial charge in [-0.15, -0.1) is 0 Å². The molecular formula is C23H20FN3O3. The van der Waals surface area contributed by atoms with Crippen LogP contribution in [0, 0.1) is 19.7 Å². The molecule has 1 aromatic heterocycles. The second kappa shape index (κ2) is 7.94. The molecule has 6 nitrogen and oxygen atoms in total. The largest absolute Gasteiger partial charge is 0.361 e. The van der Waals surface area contributed by atoms with E-state index in [0.717, 1.165) is 11.1 Å². The summed E-state index contributed by atoms with van der Waals surface area (Å²) in [5.41, 5.74) is 4.12. The zero-order valence-electron chi connectivity index (χ0n) is 16.5. The van der Waals surface area contributed by atoms with Crippen LogP contribution < -0.4 is 10.6 Å². The molecule has 152 valence electrons. The molecule has 1 atom stereocenters. The molecule has 0 fully saturated rings. The number of carbonyl (C=O) groups excluding carboxylic acids is 2. The second-order valence-electron chi connectivity index (χ2n) is 7.28. The molecular weight excluding hydrogens is 385 g/mol. The SMILES string of the molecule is Cc1cc(-c2ccc(C)c(NC(=O)C3=CNC(=O)C[C@H]3c3ccc(F)cc3)c2)no1. The lowest BCUT2D eigenvalue weighted by Crippen LogP contribution is -2.32. The first-order valence-corrected chi connectivity index (χ1v) is 9.51. The quantitative estimate of drug-likeness (QED) is 0.681. The van der Waals surface area contributed by atoms with Crippen molar-refractivity contribution in [3.63, 3.8) is 0 Å². The molecule has 2 heterocycles. The van der Waals surface area contributed by atoms with Gasteiger partial charge in [0.25, 0.3) is 5.91 Å². The molecule has 0 spiro atoms. The van der Waals surface area contributed by atoms with Gasteiger partial charge < -0.3 is 15.2 Å². The van der Waals surface area contributed by atoms with Gasteiger partial charge in [-0.3, -0.25) is 9.59 Å². The number of benzene rings is 2. The maximum atomic E-state index is 13.3. The Balaban J connectivity index is 1.62. The van der Waals surface area contributed by atoms with E-state index in [-0.39, 0.29) is 24.1 Å². The highest BCUT2D eigenvalue weighted by molar-refractivity contribution is 6.07. The van der Waals surface area contributed by atoms with E-state index in [1.54, 1.807) is 12.1 Å². The first kappa shape index (κ1) is 19.6. The predicted molar refractivity (Wildman–Crippen MR) is 110 cm³/mol. The smallest absolute Gasteiger partial charge is 0.253 e. The number of aryl methyl sites for hydroxylation is 2. The Morgan fingerprint density at radius 1 is 1.17 bits per heavy atom. The maximum Gasteiger partial charge on any atom is 0.253 e. The van der Waals surface area contributed by atoms with Gasteiger partial charge in [0.2, 0.25) is 5.91 Å². The maximum absolute atomic E-state index is 13.3. The molecule has 2 N–H and O–H groups in total. The molecule has 2 aromatic carbocycles. The van der Waals surface area contributed by atoms with Gasteiger partial charge in [0.15, 0.2) is 0 Å². The summed E-state index contributed by atoms with van der Waals surface area (Å²) in [6.07, 6.45) is 1.54. The summed E-state index contributed by atoms with van der Waals surface area (Å²) in [5, 5.41) is 9.55. The van der Waals surface area contributed by atoms with Gasteiger partial charge >= 0.3 is 0 Å². The Morgan fingerprint density at radius 2 is 1.93 bits per heavy atom. The van der Waals surface area contributed by atoms with E-state index in [0.29, 0.717) is 28.3 Å². The van der Waals surface area contributed by atoms with Crippen molar-refractivity contribution in [2.45, 2.75) is 26.2 Å². The number of carbonyl (C=O) groups is 2. The minimum atomic E-state index is -0.457. The summed E-state index contributed by atoms with van der Waals surface area (Å²) >= 11 is 0. The van der Waals surface area contributed by atoms with Gasteiger partial charge in [0.1, 0.15) is 17.3 Å². The Labute approximate surface area is 172 Å². The van der Waals surface area contributed by atoms with Crippen molar-refractivity contribution >= 4 is 17.5 Å². The van der Waals surface area contributed by atoms with Crippen LogP contribution in [-0.2, 0) is 9.59 Å². The van der Waals surface area contributed by atoms with E-state index in [4.69, 9.17) is 4.52 Å². The highest BCUT2D eigenvalue weighted by Crippen LogP contribution is 2.32. The van der Waals surface area contributed by atoms with E-state index in [1.165, 1.54) is 18.3 Å². The van der Waals surface area contributed by atoms with Crippen LogP contribution in [0.4, 0.5) is 10.1 Å². The average Bonchev–Trinajstić information content (AvgIpc) is 3.16. The average molecular weight is 405 g/mol. The topological polar surface area (TPSA) is 84.2 Å². The fraction of sp³-hybridized carbons (Fsp3) is 0.174.